The fourth-order valence-corrected chi connectivity index (χ4v) is 3.50. The predicted molar refractivity (Wildman–Crippen MR) is 104 cm³/mol. The SMILES string of the molecule is COc1cccc(-c2nc3c(c(=O)[nH]2)Cc2c(ccc4ccccc24)O3)c1. The van der Waals surface area contributed by atoms with Gasteiger partial charge in [-0.1, -0.05) is 42.5 Å². The van der Waals surface area contributed by atoms with Crippen molar-refractivity contribution < 1.29 is 9.47 Å². The Labute approximate surface area is 155 Å². The Morgan fingerprint density at radius 3 is 2.81 bits per heavy atom. The molecule has 27 heavy (non-hydrogen) atoms. The van der Waals surface area contributed by atoms with Crippen LogP contribution in [0.1, 0.15) is 11.1 Å². The summed E-state index contributed by atoms with van der Waals surface area (Å²) in [5, 5.41) is 2.22. The van der Waals surface area contributed by atoms with Crippen LogP contribution in [0, 0.1) is 0 Å². The van der Waals surface area contributed by atoms with Crippen molar-refractivity contribution in [1.29, 1.82) is 0 Å². The van der Waals surface area contributed by atoms with E-state index in [4.69, 9.17) is 9.47 Å². The fraction of sp³-hybridized carbons (Fsp3) is 0.0909. The number of ether oxygens (including phenoxy) is 2. The van der Waals surface area contributed by atoms with E-state index in [0.29, 0.717) is 29.4 Å². The third-order valence-electron chi connectivity index (χ3n) is 4.88. The molecule has 0 saturated heterocycles. The molecule has 0 radical (unpaired) electrons. The van der Waals surface area contributed by atoms with Gasteiger partial charge in [-0.15, -0.1) is 0 Å². The van der Waals surface area contributed by atoms with Crippen LogP contribution in [0.5, 0.6) is 17.4 Å². The molecule has 0 spiro atoms. The van der Waals surface area contributed by atoms with Crippen molar-refractivity contribution in [3.63, 3.8) is 0 Å². The van der Waals surface area contributed by atoms with Crippen LogP contribution in [0.25, 0.3) is 22.2 Å². The van der Waals surface area contributed by atoms with Gasteiger partial charge in [0.15, 0.2) is 0 Å². The highest BCUT2D eigenvalue weighted by Crippen LogP contribution is 2.38. The van der Waals surface area contributed by atoms with E-state index in [2.05, 4.69) is 22.1 Å². The van der Waals surface area contributed by atoms with Crippen LogP contribution in [0.2, 0.25) is 0 Å². The molecule has 1 aliphatic rings. The van der Waals surface area contributed by atoms with Gasteiger partial charge in [0.2, 0.25) is 5.88 Å². The van der Waals surface area contributed by atoms with E-state index in [9.17, 15) is 4.79 Å². The van der Waals surface area contributed by atoms with E-state index in [1.807, 2.05) is 48.5 Å². The molecule has 0 unspecified atom stereocenters. The number of aromatic nitrogens is 2. The van der Waals surface area contributed by atoms with Crippen molar-refractivity contribution in [2.45, 2.75) is 6.42 Å². The average Bonchev–Trinajstić information content (AvgIpc) is 2.72. The molecule has 0 atom stereocenters. The number of methoxy groups -OCH3 is 1. The standard InChI is InChI=1S/C22H16N2O3/c1-26-15-7-4-6-14(11-15)20-23-21(25)18-12-17-16-8-3-2-5-13(16)9-10-19(17)27-22(18)24-20/h2-11H,12H2,1H3,(H,23,24,25). The van der Waals surface area contributed by atoms with E-state index >= 15 is 0 Å². The predicted octanol–water partition coefficient (Wildman–Crippen LogP) is 4.30. The molecular formula is C22H16N2O3. The molecule has 1 N–H and O–H groups in total. The summed E-state index contributed by atoms with van der Waals surface area (Å²) in [6, 6.07) is 19.5. The molecule has 0 bridgehead atoms. The maximum atomic E-state index is 12.8. The minimum atomic E-state index is -0.184. The summed E-state index contributed by atoms with van der Waals surface area (Å²) in [5.41, 5.74) is 2.14. The fourth-order valence-electron chi connectivity index (χ4n) is 3.50. The molecule has 4 aromatic rings. The zero-order valence-electron chi connectivity index (χ0n) is 14.7. The zero-order chi connectivity index (χ0) is 18.4. The van der Waals surface area contributed by atoms with Gasteiger partial charge in [-0.25, -0.2) is 0 Å². The van der Waals surface area contributed by atoms with Crippen LogP contribution >= 0.6 is 0 Å². The molecule has 0 fully saturated rings. The minimum Gasteiger partial charge on any atom is -0.497 e. The van der Waals surface area contributed by atoms with Crippen LogP contribution in [0.3, 0.4) is 0 Å². The molecule has 0 aliphatic carbocycles. The van der Waals surface area contributed by atoms with E-state index in [1.165, 1.54) is 0 Å². The van der Waals surface area contributed by atoms with Crippen molar-refractivity contribution in [2.24, 2.45) is 0 Å². The van der Waals surface area contributed by atoms with Gasteiger partial charge in [-0.3, -0.25) is 4.79 Å². The van der Waals surface area contributed by atoms with E-state index in [1.54, 1.807) is 7.11 Å². The van der Waals surface area contributed by atoms with Gasteiger partial charge in [-0.05, 0) is 29.0 Å². The third kappa shape index (κ3) is 2.56. The van der Waals surface area contributed by atoms with Gasteiger partial charge in [-0.2, -0.15) is 4.98 Å². The zero-order valence-corrected chi connectivity index (χ0v) is 14.7. The van der Waals surface area contributed by atoms with Gasteiger partial charge in [0.1, 0.15) is 17.3 Å². The second kappa shape index (κ2) is 5.99. The molecule has 5 nitrogen and oxygen atoms in total. The Bertz CT molecular complexity index is 1240. The monoisotopic (exact) mass is 356 g/mol. The number of benzene rings is 3. The first-order chi connectivity index (χ1) is 13.2. The summed E-state index contributed by atoms with van der Waals surface area (Å²) in [6.07, 6.45) is 0.493. The largest absolute Gasteiger partial charge is 0.497 e. The summed E-state index contributed by atoms with van der Waals surface area (Å²) in [4.78, 5) is 20.2. The Morgan fingerprint density at radius 1 is 1.04 bits per heavy atom. The highest BCUT2D eigenvalue weighted by Gasteiger charge is 2.24. The molecule has 1 aromatic heterocycles. The normalized spacial score (nSPS) is 12.2. The topological polar surface area (TPSA) is 64.2 Å². The Kier molecular flexibility index (Phi) is 3.47. The summed E-state index contributed by atoms with van der Waals surface area (Å²) in [7, 11) is 1.60. The quantitative estimate of drug-likeness (QED) is 0.512. The summed E-state index contributed by atoms with van der Waals surface area (Å²) in [6.45, 7) is 0. The number of nitrogens with one attached hydrogen (secondary N) is 1. The highest BCUT2D eigenvalue weighted by atomic mass is 16.5. The van der Waals surface area contributed by atoms with Crippen LogP contribution < -0.4 is 15.0 Å². The first-order valence-electron chi connectivity index (χ1n) is 8.69. The van der Waals surface area contributed by atoms with Crippen LogP contribution in [-0.4, -0.2) is 17.1 Å². The average molecular weight is 356 g/mol. The number of nitrogens with zero attached hydrogens (tertiary/aromatic N) is 1. The number of fused-ring (bicyclic) bond motifs is 4. The smallest absolute Gasteiger partial charge is 0.258 e. The van der Waals surface area contributed by atoms with E-state index < -0.39 is 0 Å². The lowest BCUT2D eigenvalue weighted by atomic mass is 9.96. The molecule has 3 aromatic carbocycles. The summed E-state index contributed by atoms with van der Waals surface area (Å²) in [5.74, 6) is 2.27. The minimum absolute atomic E-state index is 0.184. The van der Waals surface area contributed by atoms with Gasteiger partial charge < -0.3 is 14.5 Å². The molecule has 1 aliphatic heterocycles. The summed E-state index contributed by atoms with van der Waals surface area (Å²) < 4.78 is 11.3. The second-order valence-electron chi connectivity index (χ2n) is 6.47. The van der Waals surface area contributed by atoms with Crippen molar-refractivity contribution in [3.8, 4) is 28.8 Å². The number of rotatable bonds is 2. The molecule has 0 saturated carbocycles. The maximum absolute atomic E-state index is 12.8. The van der Waals surface area contributed by atoms with Crippen molar-refractivity contribution in [1.82, 2.24) is 9.97 Å². The molecule has 5 heteroatoms. The van der Waals surface area contributed by atoms with Crippen LogP contribution in [0.15, 0.2) is 65.5 Å². The lowest BCUT2D eigenvalue weighted by Gasteiger charge is -2.20. The third-order valence-corrected chi connectivity index (χ3v) is 4.88. The first kappa shape index (κ1) is 15.6. The molecule has 5 rings (SSSR count). The number of hydrogen-bond acceptors (Lipinski definition) is 4. The van der Waals surface area contributed by atoms with Crippen LogP contribution in [-0.2, 0) is 6.42 Å². The number of hydrogen-bond donors (Lipinski definition) is 1. The van der Waals surface area contributed by atoms with Gasteiger partial charge in [0.25, 0.3) is 5.56 Å². The second-order valence-corrected chi connectivity index (χ2v) is 6.47. The molecular weight excluding hydrogens is 340 g/mol. The molecule has 0 amide bonds. The van der Waals surface area contributed by atoms with Gasteiger partial charge >= 0.3 is 0 Å². The lowest BCUT2D eigenvalue weighted by molar-refractivity contribution is 0.415. The van der Waals surface area contributed by atoms with E-state index in [0.717, 1.165) is 27.6 Å². The first-order valence-corrected chi connectivity index (χ1v) is 8.69. The maximum Gasteiger partial charge on any atom is 0.258 e. The van der Waals surface area contributed by atoms with Crippen LogP contribution in [0.4, 0.5) is 0 Å². The number of aromatic amines is 1. The Balaban J connectivity index is 1.63. The van der Waals surface area contributed by atoms with Gasteiger partial charge in [0.05, 0.1) is 12.7 Å². The highest BCUT2D eigenvalue weighted by molar-refractivity contribution is 5.88. The number of H-pyrrole nitrogens is 1. The van der Waals surface area contributed by atoms with E-state index in [-0.39, 0.29) is 5.56 Å². The lowest BCUT2D eigenvalue weighted by Crippen LogP contribution is -2.20. The molecule has 2 heterocycles. The van der Waals surface area contributed by atoms with Gasteiger partial charge in [0, 0.05) is 17.5 Å². The Hall–Kier alpha value is -3.60. The van der Waals surface area contributed by atoms with Crippen molar-refractivity contribution >= 4 is 10.8 Å². The summed E-state index contributed by atoms with van der Waals surface area (Å²) >= 11 is 0. The Morgan fingerprint density at radius 2 is 1.93 bits per heavy atom. The van der Waals surface area contributed by atoms with Crippen molar-refractivity contribution in [3.05, 3.63) is 82.1 Å². The van der Waals surface area contributed by atoms with Crippen molar-refractivity contribution in [2.75, 3.05) is 7.11 Å². The molecule has 132 valence electrons.